The van der Waals surface area contributed by atoms with Gasteiger partial charge in [0.05, 0.1) is 33.5 Å². The summed E-state index contributed by atoms with van der Waals surface area (Å²) in [6, 6.07) is 20.3. The number of methoxy groups -OCH3 is 3. The third kappa shape index (κ3) is 8.55. The van der Waals surface area contributed by atoms with E-state index in [9.17, 15) is 5.21 Å². The molecule has 3 aromatic rings. The van der Waals surface area contributed by atoms with Crippen molar-refractivity contribution in [3.63, 3.8) is 0 Å². The highest BCUT2D eigenvalue weighted by Gasteiger charge is 2.44. The molecule has 1 N–H and O–H groups in total. The Bertz CT molecular complexity index is 1370. The van der Waals surface area contributed by atoms with E-state index in [0.717, 1.165) is 75.4 Å². The molecule has 3 atom stereocenters. The number of thioether (sulfide) groups is 1. The van der Waals surface area contributed by atoms with Crippen molar-refractivity contribution in [2.75, 3.05) is 67.2 Å². The van der Waals surface area contributed by atoms with Crippen LogP contribution in [0.1, 0.15) is 49.4 Å². The summed E-state index contributed by atoms with van der Waals surface area (Å²) in [4.78, 5) is 5.60. The lowest BCUT2D eigenvalue weighted by molar-refractivity contribution is -0.923. The number of quaternary nitrogens is 1. The Morgan fingerprint density at radius 3 is 2.09 bits per heavy atom. The quantitative estimate of drug-likeness (QED) is 0.173. The van der Waals surface area contributed by atoms with Crippen LogP contribution >= 0.6 is 36.6 Å². The van der Waals surface area contributed by atoms with Crippen LogP contribution < -0.4 is 24.0 Å². The van der Waals surface area contributed by atoms with Crippen molar-refractivity contribution in [3.8, 4) is 23.0 Å². The molecule has 254 valence electrons. The predicted molar refractivity (Wildman–Crippen MR) is 191 cm³/mol. The number of halogens is 2. The van der Waals surface area contributed by atoms with Crippen LogP contribution in [0.4, 0.5) is 0 Å². The summed E-state index contributed by atoms with van der Waals surface area (Å²) >= 11 is 1.65. The summed E-state index contributed by atoms with van der Waals surface area (Å²) in [5, 5.41) is 13.9. The number of ether oxygens (including phenoxy) is 4. The number of nitrogens with one attached hydrogen (secondary N) is 1. The second kappa shape index (κ2) is 17.7. The molecule has 46 heavy (non-hydrogen) atoms. The number of fused-ring (bicyclic) bond motifs is 1. The second-order valence-corrected chi connectivity index (χ2v) is 13.2. The number of para-hydroxylation sites is 1. The van der Waals surface area contributed by atoms with Crippen LogP contribution in [0.3, 0.4) is 0 Å². The van der Waals surface area contributed by atoms with E-state index in [-0.39, 0.29) is 35.9 Å². The minimum atomic E-state index is -0.671. The Balaban J connectivity index is 0.00000288. The Morgan fingerprint density at radius 2 is 1.43 bits per heavy atom. The first kappa shape index (κ1) is 38.1. The molecule has 0 aromatic heterocycles. The molecule has 0 saturated carbocycles. The van der Waals surface area contributed by atoms with Gasteiger partial charge in [0.1, 0.15) is 11.8 Å². The number of hydrogen-bond acceptors (Lipinski definition) is 8. The molecule has 5 rings (SSSR count). The lowest BCUT2D eigenvalue weighted by Gasteiger charge is -2.48. The molecule has 11 heteroatoms. The van der Waals surface area contributed by atoms with Crippen LogP contribution in [0.2, 0.25) is 0 Å². The zero-order valence-corrected chi connectivity index (χ0v) is 30.0. The van der Waals surface area contributed by atoms with Gasteiger partial charge in [-0.1, -0.05) is 42.1 Å². The molecule has 0 spiro atoms. The molecule has 0 radical (unpaired) electrons. The van der Waals surface area contributed by atoms with E-state index in [0.29, 0.717) is 23.9 Å². The van der Waals surface area contributed by atoms with E-state index in [1.54, 1.807) is 33.1 Å². The van der Waals surface area contributed by atoms with Gasteiger partial charge in [-0.25, -0.2) is 0 Å². The number of nitrogens with zero attached hydrogens (tertiary/aromatic N) is 2. The average Bonchev–Trinajstić information content (AvgIpc) is 3.06. The van der Waals surface area contributed by atoms with Crippen LogP contribution in [0.15, 0.2) is 65.6 Å². The third-order valence-corrected chi connectivity index (χ3v) is 10.4. The minimum Gasteiger partial charge on any atom is -0.633 e. The average molecular weight is 695 g/mol. The lowest BCUT2D eigenvalue weighted by atomic mass is 10.0. The smallest absolute Gasteiger partial charge is 0.203 e. The molecule has 2 aliphatic heterocycles. The Hall–Kier alpha value is -2.37. The third-order valence-electron chi connectivity index (χ3n) is 9.00. The summed E-state index contributed by atoms with van der Waals surface area (Å²) in [6.07, 6.45) is 3.00. The Morgan fingerprint density at radius 1 is 0.826 bits per heavy atom. The molecule has 1 saturated heterocycles. The maximum absolute atomic E-state index is 13.6. The Kier molecular flexibility index (Phi) is 14.6. The van der Waals surface area contributed by atoms with E-state index in [4.69, 9.17) is 18.9 Å². The van der Waals surface area contributed by atoms with Crippen LogP contribution in [-0.2, 0) is 11.3 Å². The first-order valence-electron chi connectivity index (χ1n) is 15.7. The van der Waals surface area contributed by atoms with E-state index in [1.807, 2.05) is 43.3 Å². The summed E-state index contributed by atoms with van der Waals surface area (Å²) in [5.41, 5.74) is 3.28. The number of unbranched alkanes of at least 4 members (excludes halogenated alkanes) is 1. The van der Waals surface area contributed by atoms with Crippen molar-refractivity contribution in [1.29, 1.82) is 0 Å². The molecule has 2 heterocycles. The van der Waals surface area contributed by atoms with Crippen molar-refractivity contribution in [2.45, 2.75) is 48.9 Å². The normalized spacial score (nSPS) is 21.3. The number of piperazine rings is 1. The fourth-order valence-corrected chi connectivity index (χ4v) is 7.86. The van der Waals surface area contributed by atoms with Gasteiger partial charge in [-0.15, -0.1) is 24.8 Å². The van der Waals surface area contributed by atoms with Crippen molar-refractivity contribution in [2.24, 2.45) is 0 Å². The molecule has 3 unspecified atom stereocenters. The predicted octanol–water partition coefficient (Wildman–Crippen LogP) is 6.00. The van der Waals surface area contributed by atoms with Gasteiger partial charge < -0.3 is 39.0 Å². The zero-order chi connectivity index (χ0) is 31.1. The van der Waals surface area contributed by atoms with Crippen LogP contribution in [0.25, 0.3) is 0 Å². The largest absolute Gasteiger partial charge is 0.633 e. The molecule has 0 amide bonds. The van der Waals surface area contributed by atoms with Gasteiger partial charge in [-0.3, -0.25) is 0 Å². The van der Waals surface area contributed by atoms with E-state index >= 15 is 0 Å². The Labute approximate surface area is 291 Å². The van der Waals surface area contributed by atoms with Gasteiger partial charge in [-0.2, -0.15) is 0 Å². The van der Waals surface area contributed by atoms with Gasteiger partial charge in [-0.05, 0) is 68.6 Å². The fraction of sp³-hybridized carbons (Fsp3) is 0.486. The van der Waals surface area contributed by atoms with Gasteiger partial charge in [0.2, 0.25) is 5.75 Å². The highest BCUT2D eigenvalue weighted by atomic mass is 35.5. The number of hydrogen-bond donors (Lipinski definition) is 1. The van der Waals surface area contributed by atoms with Crippen LogP contribution in [-0.4, -0.2) is 77.0 Å². The number of rotatable bonds is 13. The number of hydroxylamine groups is 2. The molecular weight excluding hydrogens is 645 g/mol. The van der Waals surface area contributed by atoms with Gasteiger partial charge in [0, 0.05) is 50.1 Å². The highest BCUT2D eigenvalue weighted by Crippen LogP contribution is 2.46. The molecule has 1 fully saturated rings. The maximum atomic E-state index is 13.6. The van der Waals surface area contributed by atoms with E-state index in [2.05, 4.69) is 41.0 Å². The number of benzene rings is 3. The molecular formula is C35H49Cl2N3O5S. The van der Waals surface area contributed by atoms with Crippen LogP contribution in [0.5, 0.6) is 23.0 Å². The van der Waals surface area contributed by atoms with Crippen molar-refractivity contribution < 1.29 is 24.0 Å². The summed E-state index contributed by atoms with van der Waals surface area (Å²) < 4.78 is 22.8. The second-order valence-electron chi connectivity index (χ2n) is 11.8. The molecule has 3 aromatic carbocycles. The van der Waals surface area contributed by atoms with Gasteiger partial charge in [0.25, 0.3) is 0 Å². The SMILES string of the molecule is COc1cc(CCN2CCN(CCCCOc3ccccc3C3(C)Sc4ccccc4C(C)[NH+]3[O-])CC2)cc(OC)c1OC.Cl.Cl. The zero-order valence-electron chi connectivity index (χ0n) is 27.6. The van der Waals surface area contributed by atoms with Crippen LogP contribution in [0, 0.1) is 5.21 Å². The molecule has 0 bridgehead atoms. The first-order chi connectivity index (χ1) is 21.4. The van der Waals surface area contributed by atoms with Crippen molar-refractivity contribution >= 4 is 36.6 Å². The van der Waals surface area contributed by atoms with Gasteiger partial charge >= 0.3 is 0 Å². The molecule has 8 nitrogen and oxygen atoms in total. The van der Waals surface area contributed by atoms with Gasteiger partial charge in [0.15, 0.2) is 16.4 Å². The lowest BCUT2D eigenvalue weighted by Crippen LogP contribution is -3.14. The standard InChI is InChI=1S/C35H47N3O5S.2ClH/c1-26-28-12-6-9-15-33(28)44-35(2,38(26)39)29-13-7-8-14-30(29)43-23-11-10-17-36-19-21-37(22-20-36)18-16-27-24-31(40-3)34(42-5)32(25-27)41-4;;/h6-9,12-15,24-26,38H,10-11,16-23H2,1-5H3;2*1H. The van der Waals surface area contributed by atoms with E-state index < -0.39 is 4.87 Å². The maximum Gasteiger partial charge on any atom is 0.203 e. The first-order valence-corrected chi connectivity index (χ1v) is 16.5. The highest BCUT2D eigenvalue weighted by molar-refractivity contribution is 8.00. The van der Waals surface area contributed by atoms with Crippen molar-refractivity contribution in [1.82, 2.24) is 9.80 Å². The molecule has 0 aliphatic carbocycles. The monoisotopic (exact) mass is 693 g/mol. The summed E-state index contributed by atoms with van der Waals surface area (Å²) in [5.74, 6) is 2.86. The topological polar surface area (TPSA) is 70.9 Å². The minimum absolute atomic E-state index is 0. The summed E-state index contributed by atoms with van der Waals surface area (Å²) in [7, 11) is 4.94. The fourth-order valence-electron chi connectivity index (χ4n) is 6.35. The van der Waals surface area contributed by atoms with Crippen molar-refractivity contribution in [3.05, 3.63) is 82.6 Å². The molecule has 2 aliphatic rings. The summed E-state index contributed by atoms with van der Waals surface area (Å²) in [6.45, 7) is 11.1. The van der Waals surface area contributed by atoms with E-state index in [1.165, 1.54) is 10.5 Å².